The van der Waals surface area contributed by atoms with Gasteiger partial charge in [-0.2, -0.15) is 0 Å². The van der Waals surface area contributed by atoms with Crippen LogP contribution in [0.25, 0.3) is 11.1 Å². The number of piperidine rings is 1. The van der Waals surface area contributed by atoms with Gasteiger partial charge in [0.15, 0.2) is 0 Å². The fourth-order valence-electron chi connectivity index (χ4n) is 5.06. The predicted octanol–water partition coefficient (Wildman–Crippen LogP) is 2.82. The van der Waals surface area contributed by atoms with Gasteiger partial charge in [-0.25, -0.2) is 0 Å². The van der Waals surface area contributed by atoms with E-state index in [1.807, 2.05) is 17.0 Å². The van der Waals surface area contributed by atoms with Crippen LogP contribution in [0, 0.1) is 0 Å². The van der Waals surface area contributed by atoms with Crippen molar-refractivity contribution in [2.75, 3.05) is 65.4 Å². The van der Waals surface area contributed by atoms with Crippen LogP contribution in [0.15, 0.2) is 42.5 Å². The summed E-state index contributed by atoms with van der Waals surface area (Å²) in [5.74, 6) is 0.157. The molecule has 2 aromatic rings. The first-order valence-corrected chi connectivity index (χ1v) is 15.5. The molecule has 0 aliphatic carbocycles. The third-order valence-electron chi connectivity index (χ3n) is 7.35. The largest absolute Gasteiger partial charge is 0.339 e. The molecule has 0 radical (unpaired) electrons. The second-order valence-corrected chi connectivity index (χ2v) is 10.8. The van der Waals surface area contributed by atoms with E-state index in [9.17, 15) is 4.79 Å². The van der Waals surface area contributed by atoms with Gasteiger partial charge in [0.05, 0.1) is 0 Å². The molecular weight excluding hydrogens is 498 g/mol. The number of hydrogen-bond acceptors (Lipinski definition) is 7. The van der Waals surface area contributed by atoms with Gasteiger partial charge in [0, 0.05) is 31.7 Å². The third kappa shape index (κ3) is 12.0. The molecule has 2 aromatic carbocycles. The molecule has 222 valence electrons. The van der Waals surface area contributed by atoms with E-state index in [1.54, 1.807) is 0 Å². The zero-order chi connectivity index (χ0) is 28.3. The molecule has 8 N–H and O–H groups in total. The smallest absolute Gasteiger partial charge is 0.253 e. The lowest BCUT2D eigenvalue weighted by Crippen LogP contribution is -2.35. The van der Waals surface area contributed by atoms with E-state index in [4.69, 9.17) is 11.5 Å². The van der Waals surface area contributed by atoms with Gasteiger partial charge < -0.3 is 37.6 Å². The van der Waals surface area contributed by atoms with Crippen LogP contribution in [0.5, 0.6) is 0 Å². The number of likely N-dealkylation sites (tertiary alicyclic amines) is 1. The van der Waals surface area contributed by atoms with E-state index in [0.717, 1.165) is 128 Å². The molecule has 8 heteroatoms. The Labute approximate surface area is 242 Å². The quantitative estimate of drug-likeness (QED) is 0.140. The van der Waals surface area contributed by atoms with Gasteiger partial charge in [-0.15, -0.1) is 0 Å². The molecule has 40 heavy (non-hydrogen) atoms. The van der Waals surface area contributed by atoms with Gasteiger partial charge in [0.1, 0.15) is 0 Å². The van der Waals surface area contributed by atoms with Crippen LogP contribution in [0.1, 0.15) is 66.4 Å². The molecule has 1 fully saturated rings. The number of carbonyl (C=O) groups is 1. The second kappa shape index (κ2) is 19.7. The van der Waals surface area contributed by atoms with Crippen molar-refractivity contribution in [2.24, 2.45) is 11.5 Å². The Morgan fingerprint density at radius 2 is 1.12 bits per heavy atom. The number of hydrogen-bond donors (Lipinski definition) is 6. The third-order valence-corrected chi connectivity index (χ3v) is 7.35. The lowest BCUT2D eigenvalue weighted by Gasteiger charge is -2.26. The fraction of sp³-hybridized carbons (Fsp3) is 0.594. The van der Waals surface area contributed by atoms with Crippen LogP contribution in [0.4, 0.5) is 0 Å². The van der Waals surface area contributed by atoms with Crippen molar-refractivity contribution in [3.63, 3.8) is 0 Å². The summed E-state index contributed by atoms with van der Waals surface area (Å²) in [6.45, 7) is 10.8. The van der Waals surface area contributed by atoms with E-state index >= 15 is 0 Å². The summed E-state index contributed by atoms with van der Waals surface area (Å²) in [6, 6.07) is 15.0. The zero-order valence-corrected chi connectivity index (χ0v) is 24.5. The van der Waals surface area contributed by atoms with Crippen molar-refractivity contribution in [2.45, 2.75) is 58.0 Å². The van der Waals surface area contributed by atoms with Crippen LogP contribution in [0.2, 0.25) is 0 Å². The Hall–Kier alpha value is -2.33. The van der Waals surface area contributed by atoms with Crippen LogP contribution in [0.3, 0.4) is 0 Å². The highest BCUT2D eigenvalue weighted by molar-refractivity contribution is 5.94. The molecule has 1 saturated heterocycles. The average Bonchev–Trinajstić information content (AvgIpc) is 3.00. The van der Waals surface area contributed by atoms with Gasteiger partial charge in [-0.1, -0.05) is 18.2 Å². The van der Waals surface area contributed by atoms with Crippen LogP contribution < -0.4 is 32.7 Å². The number of rotatable bonds is 20. The van der Waals surface area contributed by atoms with E-state index in [-0.39, 0.29) is 5.91 Å². The predicted molar refractivity (Wildman–Crippen MR) is 167 cm³/mol. The summed E-state index contributed by atoms with van der Waals surface area (Å²) in [7, 11) is 0. The van der Waals surface area contributed by atoms with Crippen molar-refractivity contribution < 1.29 is 4.79 Å². The summed E-state index contributed by atoms with van der Waals surface area (Å²) in [4.78, 5) is 14.9. The van der Waals surface area contributed by atoms with Gasteiger partial charge in [-0.05, 0) is 144 Å². The molecule has 1 amide bonds. The molecule has 3 rings (SSSR count). The van der Waals surface area contributed by atoms with Crippen molar-refractivity contribution in [3.05, 3.63) is 59.2 Å². The minimum absolute atomic E-state index is 0.157. The first kappa shape index (κ1) is 32.2. The second-order valence-electron chi connectivity index (χ2n) is 10.8. The summed E-state index contributed by atoms with van der Waals surface area (Å²) in [5, 5.41) is 14.1. The minimum atomic E-state index is 0.157. The Kier molecular flexibility index (Phi) is 15.8. The molecule has 1 aliphatic heterocycles. The number of benzene rings is 2. The maximum absolute atomic E-state index is 12.9. The number of carbonyl (C=O) groups excluding carboxylic acids is 1. The SMILES string of the molecule is NCCCNCCCNCc1cc(CNCCCNCCCN)cc(-c2ccc(C(=O)N3CCCCC3)cc2)c1. The van der Waals surface area contributed by atoms with E-state index in [0.29, 0.717) is 0 Å². The fourth-order valence-corrected chi connectivity index (χ4v) is 5.06. The van der Waals surface area contributed by atoms with Gasteiger partial charge in [0.25, 0.3) is 5.91 Å². The van der Waals surface area contributed by atoms with Gasteiger partial charge in [0.2, 0.25) is 0 Å². The molecule has 0 spiro atoms. The molecule has 8 nitrogen and oxygen atoms in total. The molecule has 0 atom stereocenters. The lowest BCUT2D eigenvalue weighted by molar-refractivity contribution is 0.0724. The molecule has 0 unspecified atom stereocenters. The highest BCUT2D eigenvalue weighted by Gasteiger charge is 2.18. The first-order chi connectivity index (χ1) is 19.7. The summed E-state index contributed by atoms with van der Waals surface area (Å²) >= 11 is 0. The minimum Gasteiger partial charge on any atom is -0.339 e. The van der Waals surface area contributed by atoms with Crippen molar-refractivity contribution in [1.29, 1.82) is 0 Å². The normalized spacial score (nSPS) is 13.6. The number of nitrogens with two attached hydrogens (primary N) is 2. The van der Waals surface area contributed by atoms with Crippen LogP contribution in [-0.4, -0.2) is 76.3 Å². The van der Waals surface area contributed by atoms with Crippen LogP contribution in [-0.2, 0) is 13.1 Å². The highest BCUT2D eigenvalue weighted by atomic mass is 16.2. The van der Waals surface area contributed by atoms with Gasteiger partial charge >= 0.3 is 0 Å². The summed E-state index contributed by atoms with van der Waals surface area (Å²) in [6.07, 6.45) is 7.66. The Bertz CT molecular complexity index is 922. The van der Waals surface area contributed by atoms with E-state index in [1.165, 1.54) is 23.1 Å². The maximum atomic E-state index is 12.9. The van der Waals surface area contributed by atoms with Gasteiger partial charge in [-0.3, -0.25) is 4.79 Å². The highest BCUT2D eigenvalue weighted by Crippen LogP contribution is 2.24. The number of nitrogens with zero attached hydrogens (tertiary/aromatic N) is 1. The van der Waals surface area contributed by atoms with Crippen molar-refractivity contribution in [3.8, 4) is 11.1 Å². The zero-order valence-electron chi connectivity index (χ0n) is 24.5. The number of amides is 1. The van der Waals surface area contributed by atoms with E-state index < -0.39 is 0 Å². The Morgan fingerprint density at radius 1 is 0.625 bits per heavy atom. The Balaban J connectivity index is 1.58. The monoisotopic (exact) mass is 551 g/mol. The summed E-state index contributed by atoms with van der Waals surface area (Å²) in [5.41, 5.74) is 16.8. The van der Waals surface area contributed by atoms with Crippen molar-refractivity contribution >= 4 is 5.91 Å². The molecular formula is C32H53N7O. The summed E-state index contributed by atoms with van der Waals surface area (Å²) < 4.78 is 0. The van der Waals surface area contributed by atoms with Crippen molar-refractivity contribution in [1.82, 2.24) is 26.2 Å². The Morgan fingerprint density at radius 3 is 1.65 bits per heavy atom. The molecule has 1 heterocycles. The lowest BCUT2D eigenvalue weighted by atomic mass is 9.98. The maximum Gasteiger partial charge on any atom is 0.253 e. The molecule has 1 aliphatic rings. The van der Waals surface area contributed by atoms with Crippen LogP contribution >= 0.6 is 0 Å². The molecule has 0 aromatic heterocycles. The standard InChI is InChI=1S/C32H53N7O/c33-12-4-14-35-16-6-18-37-25-27-22-28(26-38-19-7-17-36-15-5-13-34)24-31(23-27)29-8-10-30(11-9-29)32(40)39-20-2-1-3-21-39/h8-11,22-24,35-38H,1-7,12-21,25-26,33-34H2. The average molecular weight is 552 g/mol. The molecule has 0 bridgehead atoms. The number of nitrogens with one attached hydrogen (secondary N) is 4. The first-order valence-electron chi connectivity index (χ1n) is 15.5. The topological polar surface area (TPSA) is 120 Å². The molecule has 0 saturated carbocycles. The van der Waals surface area contributed by atoms with E-state index in [2.05, 4.69) is 51.6 Å².